The highest BCUT2D eigenvalue weighted by Gasteiger charge is 2.07. The number of fused-ring (bicyclic) bond motifs is 1. The van der Waals surface area contributed by atoms with E-state index < -0.39 is 0 Å². The number of benzene rings is 2. The van der Waals surface area contributed by atoms with Gasteiger partial charge < -0.3 is 15.8 Å². The van der Waals surface area contributed by atoms with Crippen LogP contribution in [0, 0.1) is 17.9 Å². The maximum Gasteiger partial charge on any atom is 0.227 e. The lowest BCUT2D eigenvalue weighted by Gasteiger charge is -2.08. The first-order valence-corrected chi connectivity index (χ1v) is 7.53. The highest BCUT2D eigenvalue weighted by molar-refractivity contribution is 5.97. The number of terminal acetylenes is 1. The van der Waals surface area contributed by atoms with Crippen LogP contribution < -0.4 is 15.8 Å². The van der Waals surface area contributed by atoms with Crippen LogP contribution in [0.5, 0.6) is 5.75 Å². The molecule has 1 aromatic heterocycles. The van der Waals surface area contributed by atoms with E-state index >= 15 is 0 Å². The average Bonchev–Trinajstić information content (AvgIpc) is 2.67. The van der Waals surface area contributed by atoms with Crippen molar-refractivity contribution in [3.05, 3.63) is 53.7 Å². The van der Waals surface area contributed by atoms with Crippen LogP contribution in [0.3, 0.4) is 0 Å². The number of aromatic nitrogens is 2. The molecule has 0 atom stereocenters. The summed E-state index contributed by atoms with van der Waals surface area (Å²) >= 11 is 0. The Hall–Kier alpha value is -3.99. The minimum atomic E-state index is 0.171. The number of amidine groups is 1. The van der Waals surface area contributed by atoms with E-state index in [0.717, 1.165) is 11.1 Å². The number of ether oxygens (including phenoxy) is 1. The molecule has 0 unspecified atom stereocenters. The predicted molar refractivity (Wildman–Crippen MR) is 99.6 cm³/mol. The zero-order valence-electron chi connectivity index (χ0n) is 13.9. The molecule has 1 heterocycles. The minimum absolute atomic E-state index is 0.171. The molecule has 0 radical (unpaired) electrons. The number of hydrogen-bond donors (Lipinski definition) is 3. The van der Waals surface area contributed by atoms with Gasteiger partial charge in [-0.05, 0) is 30.3 Å². The summed E-state index contributed by atoms with van der Waals surface area (Å²) in [5.41, 5.74) is 15.2. The topological polar surface area (TPSA) is 122 Å². The summed E-state index contributed by atoms with van der Waals surface area (Å²) in [5.74, 6) is 3.77. The van der Waals surface area contributed by atoms with Gasteiger partial charge in [0.05, 0.1) is 18.2 Å². The Morgan fingerprint density at radius 3 is 2.73 bits per heavy atom. The Balaban J connectivity index is 1.88. The number of methoxy groups -OCH3 is 1. The lowest BCUT2D eigenvalue weighted by atomic mass is 10.1. The highest BCUT2D eigenvalue weighted by Crippen LogP contribution is 2.25. The molecule has 4 N–H and O–H groups in total. The van der Waals surface area contributed by atoms with Gasteiger partial charge in [0.2, 0.25) is 5.95 Å². The molecule has 0 saturated carbocycles. The molecule has 0 aliphatic heterocycles. The number of nitrogens with one attached hydrogen (secondary N) is 2. The van der Waals surface area contributed by atoms with E-state index in [1.165, 1.54) is 0 Å². The third-order valence-electron chi connectivity index (χ3n) is 3.65. The summed E-state index contributed by atoms with van der Waals surface area (Å²) in [6, 6.07) is 10.7. The number of nitrogens with two attached hydrogens (primary N) is 1. The molecule has 3 aromatic rings. The summed E-state index contributed by atoms with van der Waals surface area (Å²) in [6.45, 7) is 0. The Labute approximate surface area is 149 Å². The summed E-state index contributed by atoms with van der Waals surface area (Å²) in [6.07, 6.45) is 7.18. The molecule has 0 spiro atoms. The van der Waals surface area contributed by atoms with Gasteiger partial charge in [0.15, 0.2) is 5.84 Å². The van der Waals surface area contributed by atoms with Crippen molar-refractivity contribution in [1.29, 1.82) is 5.53 Å². The fourth-order valence-electron chi connectivity index (χ4n) is 2.37. The van der Waals surface area contributed by atoms with Crippen molar-refractivity contribution in [1.82, 2.24) is 9.97 Å². The van der Waals surface area contributed by atoms with E-state index in [2.05, 4.69) is 31.5 Å². The molecule has 26 heavy (non-hydrogen) atoms. The van der Waals surface area contributed by atoms with E-state index in [-0.39, 0.29) is 5.84 Å². The van der Waals surface area contributed by atoms with Crippen molar-refractivity contribution in [3.63, 3.8) is 0 Å². The zero-order valence-corrected chi connectivity index (χ0v) is 13.9. The molecule has 8 nitrogen and oxygen atoms in total. The number of rotatable bonds is 5. The van der Waals surface area contributed by atoms with Gasteiger partial charge in [-0.25, -0.2) is 9.97 Å². The van der Waals surface area contributed by atoms with E-state index in [1.54, 1.807) is 43.6 Å². The zero-order chi connectivity index (χ0) is 18.5. The van der Waals surface area contributed by atoms with Crippen molar-refractivity contribution in [2.24, 2.45) is 16.1 Å². The summed E-state index contributed by atoms with van der Waals surface area (Å²) < 4.78 is 5.29. The number of nitrogens with zero attached hydrogens (tertiary/aromatic N) is 4. The molecule has 0 fully saturated rings. The van der Waals surface area contributed by atoms with Gasteiger partial charge in [-0.1, -0.05) is 11.1 Å². The van der Waals surface area contributed by atoms with Crippen LogP contribution in [-0.4, -0.2) is 22.9 Å². The molecule has 8 heteroatoms. The minimum Gasteiger partial charge on any atom is -0.495 e. The monoisotopic (exact) mass is 345 g/mol. The normalized spacial score (nSPS) is 11.0. The fraction of sp³-hybridized carbons (Fsp3) is 0.0556. The second-order valence-corrected chi connectivity index (χ2v) is 5.24. The first kappa shape index (κ1) is 16.9. The van der Waals surface area contributed by atoms with Crippen LogP contribution in [0.25, 0.3) is 10.9 Å². The second kappa shape index (κ2) is 7.27. The molecule has 0 bridgehead atoms. The molecule has 3 rings (SSSR count). The predicted octanol–water partition coefficient (Wildman–Crippen LogP) is 3.01. The van der Waals surface area contributed by atoms with Gasteiger partial charge in [-0.15, -0.1) is 11.5 Å². The van der Waals surface area contributed by atoms with E-state index in [1.807, 2.05) is 6.07 Å². The van der Waals surface area contributed by atoms with E-state index in [4.69, 9.17) is 22.4 Å². The maximum atomic E-state index is 6.70. The Kier molecular flexibility index (Phi) is 4.71. The summed E-state index contributed by atoms with van der Waals surface area (Å²) in [4.78, 5) is 8.78. The second-order valence-electron chi connectivity index (χ2n) is 5.24. The highest BCUT2D eigenvalue weighted by atomic mass is 16.5. The van der Waals surface area contributed by atoms with Crippen LogP contribution in [-0.2, 0) is 0 Å². The Bertz CT molecular complexity index is 1040. The molecule has 0 aliphatic carbocycles. The fourth-order valence-corrected chi connectivity index (χ4v) is 2.37. The lowest BCUT2D eigenvalue weighted by Crippen LogP contribution is -2.12. The molecular formula is C18H15N7O. The van der Waals surface area contributed by atoms with Crippen LogP contribution in [0.15, 0.2) is 52.9 Å². The summed E-state index contributed by atoms with van der Waals surface area (Å²) in [7, 11) is 1.56. The lowest BCUT2D eigenvalue weighted by molar-refractivity contribution is 0.414. The summed E-state index contributed by atoms with van der Waals surface area (Å²) in [5, 5.41) is 10.3. The van der Waals surface area contributed by atoms with Crippen molar-refractivity contribution in [2.45, 2.75) is 0 Å². The van der Waals surface area contributed by atoms with E-state index in [9.17, 15) is 0 Å². The molecule has 0 saturated heterocycles. The molecular weight excluding hydrogens is 330 g/mol. The smallest absolute Gasteiger partial charge is 0.227 e. The van der Waals surface area contributed by atoms with Crippen LogP contribution >= 0.6 is 0 Å². The van der Waals surface area contributed by atoms with Gasteiger partial charge in [0.25, 0.3) is 0 Å². The average molecular weight is 345 g/mol. The van der Waals surface area contributed by atoms with Crippen LogP contribution in [0.2, 0.25) is 0 Å². The van der Waals surface area contributed by atoms with Crippen LogP contribution in [0.1, 0.15) is 11.1 Å². The molecule has 128 valence electrons. The number of hydrogen-bond acceptors (Lipinski definition) is 6. The van der Waals surface area contributed by atoms with Crippen molar-refractivity contribution in [3.8, 4) is 18.1 Å². The van der Waals surface area contributed by atoms with Gasteiger partial charge in [-0.2, -0.15) is 5.53 Å². The first-order chi connectivity index (χ1) is 12.6. The van der Waals surface area contributed by atoms with Gasteiger partial charge in [-0.3, -0.25) is 0 Å². The Morgan fingerprint density at radius 2 is 2.08 bits per heavy atom. The molecule has 0 aliphatic rings. The standard InChI is InChI=1S/C18H15N7O/c1-3-11-8-13-10-21-18(23-15(13)9-16(11)26-2)22-14-6-4-12(5-7-14)17(19)24-25-20/h1,4-10H,2H3,(H3,19,20,24)(H,21,22,23). The first-order valence-electron chi connectivity index (χ1n) is 7.53. The van der Waals surface area contributed by atoms with Gasteiger partial charge in [0, 0.05) is 28.9 Å². The van der Waals surface area contributed by atoms with Gasteiger partial charge in [0.1, 0.15) is 5.75 Å². The van der Waals surface area contributed by atoms with E-state index in [0.29, 0.717) is 28.3 Å². The largest absolute Gasteiger partial charge is 0.495 e. The third-order valence-corrected chi connectivity index (χ3v) is 3.65. The molecule has 2 aromatic carbocycles. The van der Waals surface area contributed by atoms with Crippen molar-refractivity contribution >= 4 is 28.4 Å². The van der Waals surface area contributed by atoms with Gasteiger partial charge >= 0.3 is 0 Å². The van der Waals surface area contributed by atoms with Crippen LogP contribution in [0.4, 0.5) is 11.6 Å². The quantitative estimate of drug-likeness (QED) is 0.216. The number of anilines is 2. The van der Waals surface area contributed by atoms with Crippen molar-refractivity contribution in [2.75, 3.05) is 12.4 Å². The Morgan fingerprint density at radius 1 is 1.31 bits per heavy atom. The maximum absolute atomic E-state index is 6.70. The molecule has 0 amide bonds. The third kappa shape index (κ3) is 3.42. The SMILES string of the molecule is C#Cc1cc2cnc(Nc3ccc(C(N)=NN=N)cc3)nc2cc1OC. The van der Waals surface area contributed by atoms with Crippen molar-refractivity contribution < 1.29 is 4.74 Å².